The highest BCUT2D eigenvalue weighted by Gasteiger charge is 2.18. The van der Waals surface area contributed by atoms with Crippen molar-refractivity contribution in [3.63, 3.8) is 0 Å². The van der Waals surface area contributed by atoms with Crippen molar-refractivity contribution in [3.8, 4) is 0 Å². The molecule has 1 aliphatic carbocycles. The number of hydrogen-bond acceptors (Lipinski definition) is 6. The Morgan fingerprint density at radius 2 is 2.05 bits per heavy atom. The van der Waals surface area contributed by atoms with Gasteiger partial charge in [-0.25, -0.2) is 9.97 Å². The number of aromatic nitrogens is 2. The molecule has 1 heterocycles. The van der Waals surface area contributed by atoms with Crippen LogP contribution in [-0.4, -0.2) is 42.1 Å². The number of ketones is 1. The predicted octanol–water partition coefficient (Wildman–Crippen LogP) is 1.46. The van der Waals surface area contributed by atoms with Gasteiger partial charge < -0.3 is 15.4 Å². The third kappa shape index (κ3) is 4.48. The van der Waals surface area contributed by atoms with E-state index in [1.54, 1.807) is 7.11 Å². The number of Topliss-reactive ketones (excluding diaryl/α,β-unsaturated/α-hetero) is 1. The van der Waals surface area contributed by atoms with Crippen molar-refractivity contribution in [2.45, 2.75) is 31.7 Å². The van der Waals surface area contributed by atoms with Gasteiger partial charge in [0.2, 0.25) is 0 Å². The highest BCUT2D eigenvalue weighted by molar-refractivity contribution is 5.79. The number of carbonyl (C=O) groups is 1. The van der Waals surface area contributed by atoms with E-state index in [0.29, 0.717) is 37.8 Å². The molecule has 1 aromatic rings. The monoisotopic (exact) mass is 264 g/mol. The van der Waals surface area contributed by atoms with E-state index in [9.17, 15) is 4.79 Å². The first-order valence-electron chi connectivity index (χ1n) is 6.61. The summed E-state index contributed by atoms with van der Waals surface area (Å²) in [4.78, 5) is 19.5. The maximum atomic E-state index is 11.2. The van der Waals surface area contributed by atoms with Crippen LogP contribution in [0.25, 0.3) is 0 Å². The van der Waals surface area contributed by atoms with Gasteiger partial charge >= 0.3 is 0 Å². The predicted molar refractivity (Wildman–Crippen MR) is 73.3 cm³/mol. The van der Waals surface area contributed by atoms with Crippen LogP contribution in [0.1, 0.15) is 25.7 Å². The van der Waals surface area contributed by atoms with Gasteiger partial charge in [-0.3, -0.25) is 4.79 Å². The molecule has 0 amide bonds. The Hall–Kier alpha value is -1.69. The first-order valence-corrected chi connectivity index (χ1v) is 6.61. The minimum atomic E-state index is 0.333. The number of nitrogens with zero attached hydrogens (tertiary/aromatic N) is 2. The summed E-state index contributed by atoms with van der Waals surface area (Å²) < 4.78 is 4.97. The van der Waals surface area contributed by atoms with Crippen molar-refractivity contribution in [1.82, 2.24) is 9.97 Å². The molecule has 1 aromatic heterocycles. The van der Waals surface area contributed by atoms with Gasteiger partial charge in [-0.05, 0) is 12.8 Å². The third-order valence-corrected chi connectivity index (χ3v) is 3.17. The molecule has 0 aliphatic heterocycles. The number of nitrogens with one attached hydrogen (secondary N) is 2. The fourth-order valence-electron chi connectivity index (χ4n) is 2.11. The Labute approximate surface area is 113 Å². The minimum Gasteiger partial charge on any atom is -0.383 e. The normalized spacial score (nSPS) is 16.4. The molecule has 0 bridgehead atoms. The van der Waals surface area contributed by atoms with E-state index in [1.807, 2.05) is 6.07 Å². The second kappa shape index (κ2) is 7.04. The van der Waals surface area contributed by atoms with Crippen molar-refractivity contribution < 1.29 is 9.53 Å². The molecule has 6 nitrogen and oxygen atoms in total. The lowest BCUT2D eigenvalue weighted by molar-refractivity contribution is -0.120. The van der Waals surface area contributed by atoms with Crippen molar-refractivity contribution in [1.29, 1.82) is 0 Å². The van der Waals surface area contributed by atoms with Crippen LogP contribution in [0.4, 0.5) is 11.6 Å². The van der Waals surface area contributed by atoms with Crippen molar-refractivity contribution >= 4 is 17.4 Å². The van der Waals surface area contributed by atoms with E-state index >= 15 is 0 Å². The zero-order valence-electron chi connectivity index (χ0n) is 11.2. The molecule has 0 saturated heterocycles. The van der Waals surface area contributed by atoms with Gasteiger partial charge in [0, 0.05) is 38.6 Å². The topological polar surface area (TPSA) is 76.1 Å². The molecule has 1 saturated carbocycles. The molecule has 1 aliphatic rings. The lowest BCUT2D eigenvalue weighted by Crippen LogP contribution is -2.26. The van der Waals surface area contributed by atoms with Crippen LogP contribution in [0, 0.1) is 0 Å². The molecule has 0 atom stereocenters. The van der Waals surface area contributed by atoms with Crippen molar-refractivity contribution in [2.24, 2.45) is 0 Å². The summed E-state index contributed by atoms with van der Waals surface area (Å²) in [6.45, 7) is 1.35. The largest absolute Gasteiger partial charge is 0.383 e. The third-order valence-electron chi connectivity index (χ3n) is 3.17. The molecule has 2 N–H and O–H groups in total. The van der Waals surface area contributed by atoms with E-state index in [2.05, 4.69) is 20.6 Å². The van der Waals surface area contributed by atoms with Gasteiger partial charge in [0.25, 0.3) is 0 Å². The second-order valence-corrected chi connectivity index (χ2v) is 4.67. The molecule has 0 radical (unpaired) electrons. The highest BCUT2D eigenvalue weighted by atomic mass is 16.5. The maximum Gasteiger partial charge on any atom is 0.133 e. The Morgan fingerprint density at radius 1 is 1.32 bits per heavy atom. The SMILES string of the molecule is COCCNc1cc(NC2CCC(=O)CC2)ncn1. The number of ether oxygens (including phenoxy) is 1. The minimum absolute atomic E-state index is 0.333. The molecule has 6 heteroatoms. The van der Waals surface area contributed by atoms with Gasteiger partial charge in [0.15, 0.2) is 0 Å². The quantitative estimate of drug-likeness (QED) is 0.758. The zero-order chi connectivity index (χ0) is 13.5. The molecule has 104 valence electrons. The van der Waals surface area contributed by atoms with Gasteiger partial charge in [-0.1, -0.05) is 0 Å². The van der Waals surface area contributed by atoms with Crippen LogP contribution in [0.3, 0.4) is 0 Å². The smallest absolute Gasteiger partial charge is 0.133 e. The number of methoxy groups -OCH3 is 1. The van der Waals surface area contributed by atoms with Gasteiger partial charge in [0.05, 0.1) is 6.61 Å². The molecule has 19 heavy (non-hydrogen) atoms. The van der Waals surface area contributed by atoms with Crippen LogP contribution in [0.5, 0.6) is 0 Å². The lowest BCUT2D eigenvalue weighted by atomic mass is 9.94. The Balaban J connectivity index is 1.86. The first kappa shape index (κ1) is 13.7. The standard InChI is InChI=1S/C13H20N4O2/c1-19-7-6-14-12-8-13(16-9-15-12)17-10-2-4-11(18)5-3-10/h8-10H,2-7H2,1H3,(H2,14,15,16,17). The van der Waals surface area contributed by atoms with Gasteiger partial charge in [-0.2, -0.15) is 0 Å². The summed E-state index contributed by atoms with van der Waals surface area (Å²) in [5, 5.41) is 6.52. The maximum absolute atomic E-state index is 11.2. The molecule has 2 rings (SSSR count). The van der Waals surface area contributed by atoms with Crippen LogP contribution in [-0.2, 0) is 9.53 Å². The van der Waals surface area contributed by atoms with Crippen LogP contribution < -0.4 is 10.6 Å². The summed E-state index contributed by atoms with van der Waals surface area (Å²) in [5.74, 6) is 1.94. The molecule has 0 spiro atoms. The summed E-state index contributed by atoms with van der Waals surface area (Å²) in [5.41, 5.74) is 0. The average molecular weight is 264 g/mol. The number of carbonyl (C=O) groups excluding carboxylic acids is 1. The fourth-order valence-corrected chi connectivity index (χ4v) is 2.11. The summed E-state index contributed by atoms with van der Waals surface area (Å²) in [6.07, 6.45) is 4.64. The lowest BCUT2D eigenvalue weighted by Gasteiger charge is -2.22. The number of hydrogen-bond donors (Lipinski definition) is 2. The summed E-state index contributed by atoms with van der Waals surface area (Å²) >= 11 is 0. The second-order valence-electron chi connectivity index (χ2n) is 4.67. The highest BCUT2D eigenvalue weighted by Crippen LogP contribution is 2.19. The molecular weight excluding hydrogens is 244 g/mol. The van der Waals surface area contributed by atoms with Gasteiger partial charge in [-0.15, -0.1) is 0 Å². The Kier molecular flexibility index (Phi) is 5.09. The zero-order valence-corrected chi connectivity index (χ0v) is 11.2. The summed E-state index contributed by atoms with van der Waals surface area (Å²) in [6, 6.07) is 2.21. The summed E-state index contributed by atoms with van der Waals surface area (Å²) in [7, 11) is 1.67. The number of anilines is 2. The molecule has 1 fully saturated rings. The van der Waals surface area contributed by atoms with E-state index in [0.717, 1.165) is 24.5 Å². The molecule has 0 unspecified atom stereocenters. The van der Waals surface area contributed by atoms with E-state index in [-0.39, 0.29) is 0 Å². The first-order chi connectivity index (χ1) is 9.28. The van der Waals surface area contributed by atoms with Crippen LogP contribution in [0.2, 0.25) is 0 Å². The van der Waals surface area contributed by atoms with Gasteiger partial charge in [0.1, 0.15) is 23.7 Å². The van der Waals surface area contributed by atoms with E-state index in [4.69, 9.17) is 4.74 Å². The average Bonchev–Trinajstić information content (AvgIpc) is 2.42. The molecular formula is C13H20N4O2. The van der Waals surface area contributed by atoms with Crippen molar-refractivity contribution in [2.75, 3.05) is 30.9 Å². The fraction of sp³-hybridized carbons (Fsp3) is 0.615. The van der Waals surface area contributed by atoms with Crippen LogP contribution >= 0.6 is 0 Å². The number of rotatable bonds is 6. The van der Waals surface area contributed by atoms with Crippen LogP contribution in [0.15, 0.2) is 12.4 Å². The Bertz CT molecular complexity index is 415. The van der Waals surface area contributed by atoms with E-state index < -0.39 is 0 Å². The van der Waals surface area contributed by atoms with E-state index in [1.165, 1.54) is 6.33 Å². The van der Waals surface area contributed by atoms with Crippen molar-refractivity contribution in [3.05, 3.63) is 12.4 Å². The molecule has 0 aromatic carbocycles. The Morgan fingerprint density at radius 3 is 2.79 bits per heavy atom.